The molecule has 4 rings (SSSR count). The average Bonchev–Trinajstić information content (AvgIpc) is 3.03. The predicted molar refractivity (Wildman–Crippen MR) is 141 cm³/mol. The number of hydrazone groups is 1. The minimum absolute atomic E-state index is 0.114. The van der Waals surface area contributed by atoms with Gasteiger partial charge < -0.3 is 19.7 Å². The summed E-state index contributed by atoms with van der Waals surface area (Å²) in [4.78, 5) is 14.9. The summed E-state index contributed by atoms with van der Waals surface area (Å²) in [5.41, 5.74) is 4.49. The van der Waals surface area contributed by atoms with Crippen molar-refractivity contribution in [2.24, 2.45) is 5.10 Å². The van der Waals surface area contributed by atoms with E-state index in [9.17, 15) is 13.9 Å². The molecule has 0 spiro atoms. The van der Waals surface area contributed by atoms with E-state index < -0.39 is 10.6 Å². The summed E-state index contributed by atoms with van der Waals surface area (Å²) in [6, 6.07) is 11.5. The molecule has 190 valence electrons. The van der Waals surface area contributed by atoms with Gasteiger partial charge in [-0.3, -0.25) is 9.11 Å². The first kappa shape index (κ1) is 25.2. The maximum Gasteiger partial charge on any atom is 0.337 e. The number of anilines is 1. The van der Waals surface area contributed by atoms with Crippen molar-refractivity contribution in [1.82, 2.24) is 10.3 Å². The first-order valence-electron chi connectivity index (χ1n) is 11.7. The molecule has 35 heavy (non-hydrogen) atoms. The van der Waals surface area contributed by atoms with E-state index in [1.165, 1.54) is 5.01 Å². The molecule has 0 saturated carbocycles. The lowest BCUT2D eigenvalue weighted by atomic mass is 9.93. The molecule has 1 atom stereocenters. The highest BCUT2D eigenvalue weighted by Gasteiger charge is 2.30. The molecule has 2 heterocycles. The number of rotatable bonds is 5. The Morgan fingerprint density at radius 2 is 1.74 bits per heavy atom. The Kier molecular flexibility index (Phi) is 7.44. The SMILES string of the molecule is CCC1Cc2cc(OC)c(OC)cc2C(c2ccc(N3CCS(O)(O)CC3)cc2)=NN1C(=O)NC. The molecule has 0 bridgehead atoms. The first-order chi connectivity index (χ1) is 16.8. The number of nitrogens with one attached hydrogen (secondary N) is 1. The Bertz CT molecular complexity index is 1100. The molecule has 2 aromatic rings. The van der Waals surface area contributed by atoms with Crippen molar-refractivity contribution < 1.29 is 23.4 Å². The average molecular weight is 503 g/mol. The van der Waals surface area contributed by atoms with Crippen LogP contribution in [0, 0.1) is 0 Å². The quantitative estimate of drug-likeness (QED) is 0.571. The van der Waals surface area contributed by atoms with Crippen molar-refractivity contribution in [1.29, 1.82) is 0 Å². The van der Waals surface area contributed by atoms with Crippen molar-refractivity contribution in [2.45, 2.75) is 25.8 Å². The maximum absolute atomic E-state index is 12.8. The van der Waals surface area contributed by atoms with Gasteiger partial charge in [0.05, 0.1) is 37.5 Å². The number of carbonyl (C=O) groups excluding carboxylic acids is 1. The van der Waals surface area contributed by atoms with Crippen LogP contribution in [0.4, 0.5) is 10.5 Å². The molecule has 2 amide bonds. The highest BCUT2D eigenvalue weighted by Crippen LogP contribution is 2.41. The Hall–Kier alpha value is -2.95. The van der Waals surface area contributed by atoms with Gasteiger partial charge in [-0.25, -0.2) is 9.80 Å². The molecule has 3 N–H and O–H groups in total. The normalized spacial score (nSPS) is 20.3. The van der Waals surface area contributed by atoms with Gasteiger partial charge in [0, 0.05) is 37.0 Å². The number of methoxy groups -OCH3 is 2. The fraction of sp³-hybridized carbons (Fsp3) is 0.440. The molecular weight excluding hydrogens is 468 g/mol. The van der Waals surface area contributed by atoms with Gasteiger partial charge in [0.15, 0.2) is 11.5 Å². The number of amides is 2. The third kappa shape index (κ3) is 5.19. The van der Waals surface area contributed by atoms with Crippen molar-refractivity contribution in [2.75, 3.05) is 50.8 Å². The smallest absolute Gasteiger partial charge is 0.337 e. The van der Waals surface area contributed by atoms with Crippen LogP contribution >= 0.6 is 10.6 Å². The van der Waals surface area contributed by atoms with Crippen LogP contribution in [0.15, 0.2) is 41.5 Å². The number of carbonyl (C=O) groups is 1. The van der Waals surface area contributed by atoms with Crippen molar-refractivity contribution in [3.8, 4) is 11.5 Å². The molecule has 2 aliphatic heterocycles. The molecule has 10 heteroatoms. The largest absolute Gasteiger partial charge is 0.493 e. The fourth-order valence-electron chi connectivity index (χ4n) is 4.57. The zero-order chi connectivity index (χ0) is 25.2. The second-order valence-corrected chi connectivity index (χ2v) is 11.1. The summed E-state index contributed by atoms with van der Waals surface area (Å²) < 4.78 is 31.0. The zero-order valence-electron chi connectivity index (χ0n) is 20.7. The molecule has 9 nitrogen and oxygen atoms in total. The van der Waals surface area contributed by atoms with Gasteiger partial charge in [-0.15, -0.1) is 0 Å². The third-order valence-corrected chi connectivity index (χ3v) is 8.32. The van der Waals surface area contributed by atoms with Crippen LogP contribution in [-0.4, -0.2) is 77.8 Å². The molecular formula is C25H34N4O5S. The monoisotopic (exact) mass is 502 g/mol. The van der Waals surface area contributed by atoms with E-state index in [-0.39, 0.29) is 12.1 Å². The summed E-state index contributed by atoms with van der Waals surface area (Å²) in [6.45, 7) is 3.25. The molecule has 0 aromatic heterocycles. The van der Waals surface area contributed by atoms with E-state index in [4.69, 9.17) is 14.6 Å². The van der Waals surface area contributed by atoms with E-state index in [0.717, 1.165) is 28.8 Å². The molecule has 2 aromatic carbocycles. The van der Waals surface area contributed by atoms with Crippen LogP contribution in [0.2, 0.25) is 0 Å². The minimum Gasteiger partial charge on any atom is -0.493 e. The fourth-order valence-corrected chi connectivity index (χ4v) is 5.79. The highest BCUT2D eigenvalue weighted by molar-refractivity contribution is 8.24. The number of hydrogen-bond donors (Lipinski definition) is 3. The number of nitrogens with zero attached hydrogens (tertiary/aromatic N) is 3. The molecule has 0 radical (unpaired) electrons. The van der Waals surface area contributed by atoms with Crippen LogP contribution in [0.1, 0.15) is 30.0 Å². The van der Waals surface area contributed by atoms with E-state index in [0.29, 0.717) is 48.2 Å². The van der Waals surface area contributed by atoms with Gasteiger partial charge in [0.2, 0.25) is 0 Å². The topological polar surface area (TPSA) is 107 Å². The second kappa shape index (κ2) is 10.3. The molecule has 1 saturated heterocycles. The molecule has 1 fully saturated rings. The van der Waals surface area contributed by atoms with Crippen molar-refractivity contribution >= 4 is 28.0 Å². The van der Waals surface area contributed by atoms with E-state index in [1.54, 1.807) is 21.3 Å². The highest BCUT2D eigenvalue weighted by atomic mass is 32.3. The van der Waals surface area contributed by atoms with Crippen LogP contribution in [-0.2, 0) is 6.42 Å². The van der Waals surface area contributed by atoms with Gasteiger partial charge in [-0.2, -0.15) is 15.7 Å². The van der Waals surface area contributed by atoms with Crippen molar-refractivity contribution in [3.63, 3.8) is 0 Å². The lowest BCUT2D eigenvalue weighted by Crippen LogP contribution is -2.42. The van der Waals surface area contributed by atoms with Crippen LogP contribution < -0.4 is 19.7 Å². The molecule has 0 aliphatic carbocycles. The summed E-state index contributed by atoms with van der Waals surface area (Å²) in [6.07, 6.45) is 1.37. The standard InChI is InChI=1S/C25H34N4O5S/c1-5-19-14-18-15-22(33-3)23(34-4)16-21(18)24(27-29(19)25(30)26-2)17-6-8-20(9-7-17)28-10-12-35(31,32)13-11-28/h6-9,15-16,19,31-32H,5,10-14H2,1-4H3,(H,26,30). The predicted octanol–water partition coefficient (Wildman–Crippen LogP) is 4.00. The van der Waals surface area contributed by atoms with Crippen LogP contribution in [0.5, 0.6) is 11.5 Å². The first-order valence-corrected chi connectivity index (χ1v) is 13.6. The number of urea groups is 1. The summed E-state index contributed by atoms with van der Waals surface area (Å²) in [5.74, 6) is 2.01. The second-order valence-electron chi connectivity index (χ2n) is 8.72. The van der Waals surface area contributed by atoms with Crippen molar-refractivity contribution in [3.05, 3.63) is 53.1 Å². The molecule has 2 aliphatic rings. The Morgan fingerprint density at radius 1 is 1.11 bits per heavy atom. The van der Waals surface area contributed by atoms with Gasteiger partial charge in [0.25, 0.3) is 0 Å². The van der Waals surface area contributed by atoms with Gasteiger partial charge >= 0.3 is 6.03 Å². The van der Waals surface area contributed by atoms with Crippen LogP contribution in [0.25, 0.3) is 0 Å². The number of ether oxygens (including phenoxy) is 2. The number of fused-ring (bicyclic) bond motifs is 1. The maximum atomic E-state index is 12.8. The van der Waals surface area contributed by atoms with E-state index in [2.05, 4.69) is 10.2 Å². The Morgan fingerprint density at radius 3 is 2.31 bits per heavy atom. The van der Waals surface area contributed by atoms with E-state index >= 15 is 0 Å². The minimum atomic E-state index is -2.45. The summed E-state index contributed by atoms with van der Waals surface area (Å²) >= 11 is 0. The van der Waals surface area contributed by atoms with Gasteiger partial charge in [-0.1, -0.05) is 19.1 Å². The Balaban J connectivity index is 1.77. The van der Waals surface area contributed by atoms with E-state index in [1.807, 2.05) is 43.3 Å². The number of benzene rings is 2. The lowest BCUT2D eigenvalue weighted by molar-refractivity contribution is 0.177. The van der Waals surface area contributed by atoms with Crippen LogP contribution in [0.3, 0.4) is 0 Å². The van der Waals surface area contributed by atoms with Gasteiger partial charge in [-0.05, 0) is 42.7 Å². The Labute approximate surface area is 208 Å². The lowest BCUT2D eigenvalue weighted by Gasteiger charge is -2.41. The summed E-state index contributed by atoms with van der Waals surface area (Å²) in [5, 5.41) is 9.12. The summed E-state index contributed by atoms with van der Waals surface area (Å²) in [7, 11) is 2.38. The third-order valence-electron chi connectivity index (χ3n) is 6.65. The zero-order valence-corrected chi connectivity index (χ0v) is 21.5. The number of hydrogen-bond acceptors (Lipinski definition) is 7. The van der Waals surface area contributed by atoms with Gasteiger partial charge in [0.1, 0.15) is 0 Å². The molecule has 1 unspecified atom stereocenters.